The molecule has 136 valence electrons. The van der Waals surface area contributed by atoms with E-state index in [9.17, 15) is 0 Å². The van der Waals surface area contributed by atoms with Gasteiger partial charge in [0.25, 0.3) is 0 Å². The van der Waals surface area contributed by atoms with Crippen LogP contribution in [0.3, 0.4) is 0 Å². The molecule has 1 heterocycles. The fourth-order valence-corrected chi connectivity index (χ4v) is 3.02. The van der Waals surface area contributed by atoms with Crippen molar-refractivity contribution >= 4 is 35.6 Å². The van der Waals surface area contributed by atoms with Crippen LogP contribution in [0.1, 0.15) is 6.42 Å². The molecule has 0 spiro atoms. The zero-order chi connectivity index (χ0) is 16.7. The zero-order valence-electron chi connectivity index (χ0n) is 15.5. The third kappa shape index (κ3) is 6.47. The summed E-state index contributed by atoms with van der Waals surface area (Å²) in [4.78, 5) is 13.9. The minimum atomic E-state index is 0. The van der Waals surface area contributed by atoms with Gasteiger partial charge in [0.2, 0.25) is 0 Å². The van der Waals surface area contributed by atoms with Crippen LogP contribution >= 0.6 is 24.0 Å². The molecule has 1 aromatic rings. The molecule has 1 saturated heterocycles. The van der Waals surface area contributed by atoms with Crippen LogP contribution in [0.4, 0.5) is 5.69 Å². The van der Waals surface area contributed by atoms with Gasteiger partial charge in [0.1, 0.15) is 0 Å². The monoisotopic (exact) mass is 445 g/mol. The zero-order valence-corrected chi connectivity index (χ0v) is 17.8. The van der Waals surface area contributed by atoms with E-state index in [0.29, 0.717) is 0 Å². The Labute approximate surface area is 164 Å². The lowest BCUT2D eigenvalue weighted by Crippen LogP contribution is -2.46. The lowest BCUT2D eigenvalue weighted by molar-refractivity contribution is 0.256. The van der Waals surface area contributed by atoms with Crippen molar-refractivity contribution in [2.24, 2.45) is 4.99 Å². The maximum Gasteiger partial charge on any atom is 0.195 e. The predicted octanol–water partition coefficient (Wildman–Crippen LogP) is 2.30. The van der Waals surface area contributed by atoms with Gasteiger partial charge in [0, 0.05) is 73.1 Å². The Morgan fingerprint density at radius 2 is 1.54 bits per heavy atom. The number of piperazine rings is 1. The second kappa shape index (κ2) is 10.8. The SMILES string of the molecule is CN(C)C(=NCCCN1CCN(c2ccccc2)CC1)N(C)C.I. The number of halogens is 1. The van der Waals surface area contributed by atoms with Gasteiger partial charge in [-0.1, -0.05) is 18.2 Å². The number of nitrogens with zero attached hydrogens (tertiary/aromatic N) is 5. The summed E-state index contributed by atoms with van der Waals surface area (Å²) in [5.74, 6) is 1.04. The van der Waals surface area contributed by atoms with Crippen molar-refractivity contribution in [3.05, 3.63) is 30.3 Å². The largest absolute Gasteiger partial charge is 0.369 e. The van der Waals surface area contributed by atoms with Crippen molar-refractivity contribution in [3.8, 4) is 0 Å². The van der Waals surface area contributed by atoms with Gasteiger partial charge < -0.3 is 14.7 Å². The van der Waals surface area contributed by atoms with Crippen molar-refractivity contribution in [3.63, 3.8) is 0 Å². The van der Waals surface area contributed by atoms with E-state index in [4.69, 9.17) is 4.99 Å². The van der Waals surface area contributed by atoms with Crippen molar-refractivity contribution in [1.29, 1.82) is 0 Å². The predicted molar refractivity (Wildman–Crippen MR) is 115 cm³/mol. The molecule has 24 heavy (non-hydrogen) atoms. The van der Waals surface area contributed by atoms with Crippen LogP contribution < -0.4 is 4.90 Å². The van der Waals surface area contributed by atoms with Gasteiger partial charge in [-0.25, -0.2) is 0 Å². The topological polar surface area (TPSA) is 25.3 Å². The molecule has 0 amide bonds. The van der Waals surface area contributed by atoms with Crippen molar-refractivity contribution in [1.82, 2.24) is 14.7 Å². The van der Waals surface area contributed by atoms with Gasteiger partial charge in [-0.05, 0) is 18.6 Å². The van der Waals surface area contributed by atoms with Crippen LogP contribution in [-0.4, -0.2) is 88.1 Å². The molecule has 0 aromatic heterocycles. The third-order valence-corrected chi connectivity index (χ3v) is 4.18. The average Bonchev–Trinajstić information content (AvgIpc) is 2.55. The Kier molecular flexibility index (Phi) is 9.43. The molecule has 1 fully saturated rings. The number of anilines is 1. The molecule has 1 aliphatic heterocycles. The van der Waals surface area contributed by atoms with E-state index in [0.717, 1.165) is 51.6 Å². The van der Waals surface area contributed by atoms with Crippen LogP contribution in [0.5, 0.6) is 0 Å². The van der Waals surface area contributed by atoms with Gasteiger partial charge in [0.15, 0.2) is 5.96 Å². The van der Waals surface area contributed by atoms with Crippen LogP contribution in [0.2, 0.25) is 0 Å². The van der Waals surface area contributed by atoms with Crippen LogP contribution in [-0.2, 0) is 0 Å². The Hall–Kier alpha value is -1.02. The van der Waals surface area contributed by atoms with E-state index in [1.165, 1.54) is 5.69 Å². The standard InChI is InChI=1S/C18H31N5.HI/c1-20(2)18(21(3)4)19-11-8-12-22-13-15-23(16-14-22)17-9-6-5-7-10-17;/h5-7,9-10H,8,11-16H2,1-4H3;1H. The molecule has 0 N–H and O–H groups in total. The molecule has 6 heteroatoms. The van der Waals surface area contributed by atoms with Gasteiger partial charge in [0.05, 0.1) is 0 Å². The number of benzene rings is 1. The summed E-state index contributed by atoms with van der Waals surface area (Å²) in [6.07, 6.45) is 1.12. The van der Waals surface area contributed by atoms with E-state index in [1.54, 1.807) is 0 Å². The first-order valence-corrected chi connectivity index (χ1v) is 8.49. The second-order valence-electron chi connectivity index (χ2n) is 6.49. The lowest BCUT2D eigenvalue weighted by Gasteiger charge is -2.36. The molecule has 0 saturated carbocycles. The summed E-state index contributed by atoms with van der Waals surface area (Å²) in [6.45, 7) is 6.56. The summed E-state index contributed by atoms with van der Waals surface area (Å²) in [5, 5.41) is 0. The van der Waals surface area contributed by atoms with Crippen LogP contribution in [0, 0.1) is 0 Å². The maximum atomic E-state index is 4.70. The summed E-state index contributed by atoms with van der Waals surface area (Å²) in [7, 11) is 8.17. The van der Waals surface area contributed by atoms with Gasteiger partial charge in [-0.3, -0.25) is 9.89 Å². The van der Waals surface area contributed by atoms with Crippen molar-refractivity contribution in [2.45, 2.75) is 6.42 Å². The van der Waals surface area contributed by atoms with Crippen molar-refractivity contribution in [2.75, 3.05) is 72.4 Å². The summed E-state index contributed by atoms with van der Waals surface area (Å²) in [5.41, 5.74) is 1.35. The first-order valence-electron chi connectivity index (χ1n) is 8.49. The highest BCUT2D eigenvalue weighted by atomic mass is 127. The summed E-state index contributed by atoms with van der Waals surface area (Å²) < 4.78 is 0. The highest BCUT2D eigenvalue weighted by Gasteiger charge is 2.16. The van der Waals surface area contributed by atoms with Gasteiger partial charge in [-0.2, -0.15) is 0 Å². The van der Waals surface area contributed by atoms with E-state index >= 15 is 0 Å². The third-order valence-electron chi connectivity index (χ3n) is 4.18. The molecule has 2 rings (SSSR count). The average molecular weight is 445 g/mol. The minimum absolute atomic E-state index is 0. The molecule has 5 nitrogen and oxygen atoms in total. The smallest absolute Gasteiger partial charge is 0.195 e. The van der Waals surface area contributed by atoms with Crippen LogP contribution in [0.15, 0.2) is 35.3 Å². The van der Waals surface area contributed by atoms with E-state index in [1.807, 2.05) is 28.2 Å². The van der Waals surface area contributed by atoms with E-state index in [2.05, 4.69) is 49.9 Å². The number of hydrogen-bond donors (Lipinski definition) is 0. The Balaban J connectivity index is 0.00000288. The summed E-state index contributed by atoms with van der Waals surface area (Å²) >= 11 is 0. The number of hydrogen-bond acceptors (Lipinski definition) is 3. The molecule has 0 bridgehead atoms. The number of rotatable bonds is 5. The highest BCUT2D eigenvalue weighted by molar-refractivity contribution is 14.0. The molecule has 1 aliphatic rings. The molecule has 0 aliphatic carbocycles. The number of aliphatic imine (C=N–C) groups is 1. The van der Waals surface area contributed by atoms with Gasteiger partial charge in [-0.15, -0.1) is 24.0 Å². The first kappa shape index (κ1) is 21.0. The highest BCUT2D eigenvalue weighted by Crippen LogP contribution is 2.15. The lowest BCUT2D eigenvalue weighted by atomic mass is 10.2. The fraction of sp³-hybridized carbons (Fsp3) is 0.611. The Morgan fingerprint density at radius 3 is 2.08 bits per heavy atom. The Morgan fingerprint density at radius 1 is 0.958 bits per heavy atom. The second-order valence-corrected chi connectivity index (χ2v) is 6.49. The quantitative estimate of drug-likeness (QED) is 0.301. The van der Waals surface area contributed by atoms with Gasteiger partial charge >= 0.3 is 0 Å². The molecular weight excluding hydrogens is 413 g/mol. The fourth-order valence-electron chi connectivity index (χ4n) is 3.02. The molecule has 0 atom stereocenters. The Bertz CT molecular complexity index is 471. The van der Waals surface area contributed by atoms with Crippen molar-refractivity contribution < 1.29 is 0 Å². The van der Waals surface area contributed by atoms with Crippen LogP contribution in [0.25, 0.3) is 0 Å². The number of guanidine groups is 1. The molecule has 0 radical (unpaired) electrons. The number of para-hydroxylation sites is 1. The first-order chi connectivity index (χ1) is 11.1. The van der Waals surface area contributed by atoms with E-state index < -0.39 is 0 Å². The summed E-state index contributed by atoms with van der Waals surface area (Å²) in [6, 6.07) is 10.7. The maximum absolute atomic E-state index is 4.70. The molecule has 0 unspecified atom stereocenters. The normalized spacial score (nSPS) is 14.8. The molecule has 1 aromatic carbocycles. The van der Waals surface area contributed by atoms with E-state index in [-0.39, 0.29) is 24.0 Å². The minimum Gasteiger partial charge on any atom is -0.369 e. The molecular formula is C18H32IN5.